The quantitative estimate of drug-likeness (QED) is 0.938. The minimum Gasteiger partial charge on any atom is -0.272 e. The summed E-state index contributed by atoms with van der Waals surface area (Å²) in [6.07, 6.45) is 3.05. The first-order valence-corrected chi connectivity index (χ1v) is 7.98. The largest absolute Gasteiger partial charge is 0.272 e. The molecular weight excluding hydrogens is 322 g/mol. The Kier molecular flexibility index (Phi) is 4.31. The van der Waals surface area contributed by atoms with Crippen LogP contribution in [0, 0.1) is 0 Å². The van der Waals surface area contributed by atoms with Gasteiger partial charge in [0.15, 0.2) is 0 Å². The summed E-state index contributed by atoms with van der Waals surface area (Å²) in [6.45, 7) is 0. The van der Waals surface area contributed by atoms with Crippen LogP contribution in [-0.4, -0.2) is 27.6 Å². The smallest absolute Gasteiger partial charge is 0.271 e. The number of halogens is 1. The van der Waals surface area contributed by atoms with E-state index in [-0.39, 0.29) is 17.2 Å². The Morgan fingerprint density at radius 1 is 1.32 bits per heavy atom. The van der Waals surface area contributed by atoms with E-state index in [1.54, 1.807) is 30.5 Å². The second-order valence-electron chi connectivity index (χ2n) is 4.66. The van der Waals surface area contributed by atoms with Gasteiger partial charge >= 0.3 is 0 Å². The van der Waals surface area contributed by atoms with Gasteiger partial charge in [0.05, 0.1) is 11.3 Å². The number of carbonyl (C=O) groups is 2. The van der Waals surface area contributed by atoms with Gasteiger partial charge in [0, 0.05) is 17.4 Å². The van der Waals surface area contributed by atoms with Crippen molar-refractivity contribution in [2.24, 2.45) is 0 Å². The molecule has 0 aliphatic carbocycles. The first-order valence-electron chi connectivity index (χ1n) is 6.55. The predicted octanol–water partition coefficient (Wildman–Crippen LogP) is 2.65. The van der Waals surface area contributed by atoms with E-state index in [1.165, 1.54) is 23.0 Å². The van der Waals surface area contributed by atoms with Gasteiger partial charge in [0.25, 0.3) is 11.8 Å². The van der Waals surface area contributed by atoms with E-state index in [0.29, 0.717) is 16.3 Å². The molecule has 1 N–H and O–H groups in total. The molecule has 1 unspecified atom stereocenters. The highest BCUT2D eigenvalue weighted by molar-refractivity contribution is 8.00. The Morgan fingerprint density at radius 2 is 2.09 bits per heavy atom. The molecule has 7 heteroatoms. The number of hydrogen-bond acceptors (Lipinski definition) is 4. The number of rotatable bonds is 3. The number of thioether (sulfide) groups is 1. The molecule has 0 saturated carbocycles. The monoisotopic (exact) mass is 333 g/mol. The predicted molar refractivity (Wildman–Crippen MR) is 85.2 cm³/mol. The van der Waals surface area contributed by atoms with Crippen molar-refractivity contribution in [2.75, 3.05) is 5.75 Å². The second kappa shape index (κ2) is 6.37. The SMILES string of the molecule is O=C(NN1C(=O)CSC1c1ccc(Cl)cc1)c1cccnc1. The summed E-state index contributed by atoms with van der Waals surface area (Å²) in [7, 11) is 0. The van der Waals surface area contributed by atoms with Gasteiger partial charge in [-0.1, -0.05) is 23.7 Å². The van der Waals surface area contributed by atoms with E-state index in [2.05, 4.69) is 10.4 Å². The van der Waals surface area contributed by atoms with Crippen molar-refractivity contribution in [3.63, 3.8) is 0 Å². The lowest BCUT2D eigenvalue weighted by molar-refractivity contribution is -0.130. The van der Waals surface area contributed by atoms with Crippen molar-refractivity contribution in [2.45, 2.75) is 5.37 Å². The first-order chi connectivity index (χ1) is 10.6. The summed E-state index contributed by atoms with van der Waals surface area (Å²) in [5.41, 5.74) is 3.97. The van der Waals surface area contributed by atoms with Gasteiger partial charge in [-0.15, -0.1) is 11.8 Å². The van der Waals surface area contributed by atoms with E-state index < -0.39 is 0 Å². The Labute approximate surface area is 136 Å². The summed E-state index contributed by atoms with van der Waals surface area (Å²) in [5.74, 6) is -0.175. The summed E-state index contributed by atoms with van der Waals surface area (Å²) in [5, 5.41) is 1.73. The Morgan fingerprint density at radius 3 is 2.77 bits per heavy atom. The van der Waals surface area contributed by atoms with Crippen LogP contribution in [0.1, 0.15) is 21.3 Å². The number of nitrogens with one attached hydrogen (secondary N) is 1. The molecule has 1 aromatic heterocycles. The molecule has 0 spiro atoms. The molecule has 1 aliphatic heterocycles. The minimum absolute atomic E-state index is 0.137. The van der Waals surface area contributed by atoms with Crippen LogP contribution >= 0.6 is 23.4 Å². The van der Waals surface area contributed by atoms with Crippen molar-refractivity contribution in [1.82, 2.24) is 15.4 Å². The van der Waals surface area contributed by atoms with Crippen molar-refractivity contribution < 1.29 is 9.59 Å². The highest BCUT2D eigenvalue weighted by Gasteiger charge is 2.34. The number of benzene rings is 1. The second-order valence-corrected chi connectivity index (χ2v) is 6.17. The van der Waals surface area contributed by atoms with Crippen LogP contribution in [0.25, 0.3) is 0 Å². The van der Waals surface area contributed by atoms with Gasteiger partial charge in [-0.25, -0.2) is 5.01 Å². The normalized spacial score (nSPS) is 17.6. The zero-order valence-electron chi connectivity index (χ0n) is 11.4. The molecule has 1 aliphatic rings. The Balaban J connectivity index is 1.79. The Hall–Kier alpha value is -2.05. The summed E-state index contributed by atoms with van der Waals surface area (Å²) < 4.78 is 0. The molecule has 112 valence electrons. The fourth-order valence-electron chi connectivity index (χ4n) is 2.09. The highest BCUT2D eigenvalue weighted by atomic mass is 35.5. The number of pyridine rings is 1. The third-order valence-electron chi connectivity index (χ3n) is 3.17. The van der Waals surface area contributed by atoms with Gasteiger partial charge in [-0.2, -0.15) is 0 Å². The maximum atomic E-state index is 12.2. The van der Waals surface area contributed by atoms with Crippen LogP contribution < -0.4 is 5.43 Å². The fourth-order valence-corrected chi connectivity index (χ4v) is 3.32. The molecule has 2 aromatic rings. The molecule has 1 atom stereocenters. The van der Waals surface area contributed by atoms with E-state index in [9.17, 15) is 9.59 Å². The van der Waals surface area contributed by atoms with Crippen LogP contribution in [0.5, 0.6) is 0 Å². The van der Waals surface area contributed by atoms with Crippen LogP contribution in [-0.2, 0) is 4.79 Å². The Bertz CT molecular complexity index is 694. The fraction of sp³-hybridized carbons (Fsp3) is 0.133. The third-order valence-corrected chi connectivity index (χ3v) is 4.63. The number of hydrazine groups is 1. The molecule has 3 rings (SSSR count). The number of hydrogen-bond donors (Lipinski definition) is 1. The number of nitrogens with zero attached hydrogens (tertiary/aromatic N) is 2. The van der Waals surface area contributed by atoms with Crippen LogP contribution in [0.15, 0.2) is 48.8 Å². The van der Waals surface area contributed by atoms with Crippen LogP contribution in [0.2, 0.25) is 5.02 Å². The standard InChI is InChI=1S/C15H12ClN3O2S/c16-12-5-3-10(4-6-12)15-19(13(20)9-22-15)18-14(21)11-2-1-7-17-8-11/h1-8,15H,9H2,(H,18,21). The third kappa shape index (κ3) is 3.08. The van der Waals surface area contributed by atoms with E-state index >= 15 is 0 Å². The van der Waals surface area contributed by atoms with Crippen LogP contribution in [0.3, 0.4) is 0 Å². The van der Waals surface area contributed by atoms with Crippen molar-refractivity contribution in [3.05, 3.63) is 64.9 Å². The van der Waals surface area contributed by atoms with Crippen molar-refractivity contribution in [3.8, 4) is 0 Å². The highest BCUT2D eigenvalue weighted by Crippen LogP contribution is 2.37. The molecule has 5 nitrogen and oxygen atoms in total. The zero-order chi connectivity index (χ0) is 15.5. The number of amides is 2. The number of aromatic nitrogens is 1. The van der Waals surface area contributed by atoms with Crippen molar-refractivity contribution in [1.29, 1.82) is 0 Å². The lowest BCUT2D eigenvalue weighted by Gasteiger charge is -2.24. The lowest BCUT2D eigenvalue weighted by atomic mass is 10.2. The van der Waals surface area contributed by atoms with Crippen molar-refractivity contribution >= 4 is 35.2 Å². The van der Waals surface area contributed by atoms with E-state index in [4.69, 9.17) is 11.6 Å². The summed E-state index contributed by atoms with van der Waals surface area (Å²) >= 11 is 7.34. The zero-order valence-corrected chi connectivity index (χ0v) is 13.0. The van der Waals surface area contributed by atoms with E-state index in [0.717, 1.165) is 5.56 Å². The lowest BCUT2D eigenvalue weighted by Crippen LogP contribution is -2.44. The van der Waals surface area contributed by atoms with Crippen LogP contribution in [0.4, 0.5) is 0 Å². The number of carbonyl (C=O) groups excluding carboxylic acids is 2. The first kappa shape index (κ1) is 14.9. The summed E-state index contributed by atoms with van der Waals surface area (Å²) in [6, 6.07) is 10.5. The molecule has 2 amide bonds. The molecule has 1 aromatic carbocycles. The minimum atomic E-state index is -0.358. The maximum Gasteiger partial charge on any atom is 0.271 e. The van der Waals surface area contributed by atoms with Gasteiger partial charge in [-0.3, -0.25) is 20.0 Å². The van der Waals surface area contributed by atoms with Gasteiger partial charge in [0.1, 0.15) is 5.37 Å². The average Bonchev–Trinajstić information content (AvgIpc) is 2.90. The molecule has 2 heterocycles. The molecule has 0 bridgehead atoms. The summed E-state index contributed by atoms with van der Waals surface area (Å²) in [4.78, 5) is 28.1. The molecule has 1 fully saturated rings. The van der Waals surface area contributed by atoms with Gasteiger partial charge in [-0.05, 0) is 29.8 Å². The molecule has 0 radical (unpaired) electrons. The molecule has 1 saturated heterocycles. The van der Waals surface area contributed by atoms with Gasteiger partial charge in [0.2, 0.25) is 0 Å². The van der Waals surface area contributed by atoms with E-state index in [1.807, 2.05) is 12.1 Å². The molecule has 22 heavy (non-hydrogen) atoms. The van der Waals surface area contributed by atoms with Gasteiger partial charge < -0.3 is 0 Å². The topological polar surface area (TPSA) is 62.3 Å². The average molecular weight is 334 g/mol. The molecular formula is C15H12ClN3O2S. The maximum absolute atomic E-state index is 12.2.